The highest BCUT2D eigenvalue weighted by Gasteiger charge is 2.18. The molecule has 0 unspecified atom stereocenters. The Hall–Kier alpha value is -0.900. The van der Waals surface area contributed by atoms with E-state index in [9.17, 15) is 4.79 Å². The first kappa shape index (κ1) is 10.6. The average molecular weight is 269 g/mol. The highest BCUT2D eigenvalue weighted by atomic mass is 79.9. The van der Waals surface area contributed by atoms with Crippen LogP contribution in [0.3, 0.4) is 0 Å². The molecular weight excluding hydrogens is 256 g/mol. The Morgan fingerprint density at radius 3 is 2.67 bits per heavy atom. The lowest BCUT2D eigenvalue weighted by Crippen LogP contribution is -2.34. The van der Waals surface area contributed by atoms with Crippen LogP contribution in [0.5, 0.6) is 0 Å². The molecule has 1 aromatic heterocycles. The monoisotopic (exact) mass is 268 g/mol. The standard InChI is InChI=1S/C11H13BrN2O/c1-8-6-10(12)11(13-7-8)14-4-2-9(15)3-5-14/h6-7H,2-5H2,1H3. The number of carbonyl (C=O) groups excluding carboxylic acids is 1. The molecule has 0 N–H and O–H groups in total. The Morgan fingerprint density at radius 2 is 2.07 bits per heavy atom. The SMILES string of the molecule is Cc1cnc(N2CCC(=O)CC2)c(Br)c1. The van der Waals surface area contributed by atoms with Gasteiger partial charge in [-0.15, -0.1) is 0 Å². The smallest absolute Gasteiger partial charge is 0.142 e. The van der Waals surface area contributed by atoms with E-state index in [2.05, 4.69) is 31.9 Å². The number of halogens is 1. The summed E-state index contributed by atoms with van der Waals surface area (Å²) in [7, 11) is 0. The van der Waals surface area contributed by atoms with Crippen LogP contribution in [0.1, 0.15) is 18.4 Å². The van der Waals surface area contributed by atoms with Crippen LogP contribution in [0.25, 0.3) is 0 Å². The van der Waals surface area contributed by atoms with E-state index in [4.69, 9.17) is 0 Å². The van der Waals surface area contributed by atoms with Crippen molar-refractivity contribution >= 4 is 27.5 Å². The number of hydrogen-bond donors (Lipinski definition) is 0. The third kappa shape index (κ3) is 2.37. The van der Waals surface area contributed by atoms with Crippen LogP contribution in [0.4, 0.5) is 5.82 Å². The van der Waals surface area contributed by atoms with Crippen molar-refractivity contribution in [2.24, 2.45) is 0 Å². The topological polar surface area (TPSA) is 33.2 Å². The van der Waals surface area contributed by atoms with E-state index in [-0.39, 0.29) is 0 Å². The molecule has 0 amide bonds. The predicted octanol–water partition coefficient (Wildman–Crippen LogP) is 2.32. The average Bonchev–Trinajstić information content (AvgIpc) is 2.20. The largest absolute Gasteiger partial charge is 0.355 e. The van der Waals surface area contributed by atoms with Crippen LogP contribution < -0.4 is 4.90 Å². The first-order chi connectivity index (χ1) is 7.16. The van der Waals surface area contributed by atoms with Crippen molar-refractivity contribution in [1.29, 1.82) is 0 Å². The Bertz CT molecular complexity index is 382. The summed E-state index contributed by atoms with van der Waals surface area (Å²) in [6.45, 7) is 3.59. The first-order valence-corrected chi connectivity index (χ1v) is 5.85. The molecule has 3 nitrogen and oxygen atoms in total. The molecule has 0 aromatic carbocycles. The minimum atomic E-state index is 0.356. The van der Waals surface area contributed by atoms with Crippen LogP contribution in [0, 0.1) is 6.92 Å². The van der Waals surface area contributed by atoms with Gasteiger partial charge in [0.1, 0.15) is 11.6 Å². The van der Waals surface area contributed by atoms with Crippen molar-refractivity contribution in [3.05, 3.63) is 22.3 Å². The Kier molecular flexibility index (Phi) is 3.05. The minimum absolute atomic E-state index is 0.356. The number of anilines is 1. The normalized spacial score (nSPS) is 16.9. The molecule has 0 bridgehead atoms. The summed E-state index contributed by atoms with van der Waals surface area (Å²) < 4.78 is 1.01. The number of nitrogens with zero attached hydrogens (tertiary/aromatic N) is 2. The van der Waals surface area contributed by atoms with E-state index in [1.54, 1.807) is 0 Å². The summed E-state index contributed by atoms with van der Waals surface area (Å²) >= 11 is 3.51. The zero-order valence-electron chi connectivity index (χ0n) is 8.66. The quantitative estimate of drug-likeness (QED) is 0.784. The lowest BCUT2D eigenvalue weighted by molar-refractivity contribution is -0.119. The maximum atomic E-state index is 11.1. The fourth-order valence-corrected chi connectivity index (χ4v) is 2.44. The predicted molar refractivity (Wildman–Crippen MR) is 63.1 cm³/mol. The number of piperidine rings is 1. The summed E-state index contributed by atoms with van der Waals surface area (Å²) in [4.78, 5) is 17.7. The third-order valence-electron chi connectivity index (χ3n) is 2.58. The van der Waals surface area contributed by atoms with Crippen molar-refractivity contribution in [2.45, 2.75) is 19.8 Å². The van der Waals surface area contributed by atoms with Crippen molar-refractivity contribution < 1.29 is 4.79 Å². The molecule has 0 aliphatic carbocycles. The van der Waals surface area contributed by atoms with E-state index < -0.39 is 0 Å². The lowest BCUT2D eigenvalue weighted by Gasteiger charge is -2.27. The Balaban J connectivity index is 2.19. The van der Waals surface area contributed by atoms with Crippen molar-refractivity contribution in [1.82, 2.24) is 4.98 Å². The zero-order chi connectivity index (χ0) is 10.8. The fourth-order valence-electron chi connectivity index (χ4n) is 1.73. The van der Waals surface area contributed by atoms with Crippen molar-refractivity contribution in [3.63, 3.8) is 0 Å². The highest BCUT2D eigenvalue weighted by molar-refractivity contribution is 9.10. The van der Waals surface area contributed by atoms with Crippen LogP contribution in [-0.2, 0) is 4.79 Å². The molecule has 1 fully saturated rings. The van der Waals surface area contributed by atoms with Crippen molar-refractivity contribution in [2.75, 3.05) is 18.0 Å². The van der Waals surface area contributed by atoms with Crippen molar-refractivity contribution in [3.8, 4) is 0 Å². The number of ketones is 1. The van der Waals surface area contributed by atoms with Gasteiger partial charge >= 0.3 is 0 Å². The fraction of sp³-hybridized carbons (Fsp3) is 0.455. The molecule has 2 heterocycles. The van der Waals surface area contributed by atoms with Gasteiger partial charge in [-0.25, -0.2) is 4.98 Å². The molecule has 0 spiro atoms. The summed E-state index contributed by atoms with van der Waals surface area (Å²) in [5, 5.41) is 0. The maximum absolute atomic E-state index is 11.1. The lowest BCUT2D eigenvalue weighted by atomic mass is 10.1. The number of hydrogen-bond acceptors (Lipinski definition) is 3. The molecule has 15 heavy (non-hydrogen) atoms. The van der Waals surface area contributed by atoms with Gasteiger partial charge in [0.15, 0.2) is 0 Å². The number of carbonyl (C=O) groups is 1. The van der Waals surface area contributed by atoms with Gasteiger partial charge in [-0.2, -0.15) is 0 Å². The molecule has 2 rings (SSSR count). The Labute approximate surface area is 97.6 Å². The molecule has 1 saturated heterocycles. The third-order valence-corrected chi connectivity index (χ3v) is 3.16. The van der Waals surface area contributed by atoms with Crippen LogP contribution >= 0.6 is 15.9 Å². The van der Waals surface area contributed by atoms with E-state index in [1.165, 1.54) is 0 Å². The molecule has 0 radical (unpaired) electrons. The van der Waals surface area contributed by atoms with E-state index >= 15 is 0 Å². The Morgan fingerprint density at radius 1 is 1.40 bits per heavy atom. The molecule has 4 heteroatoms. The summed E-state index contributed by atoms with van der Waals surface area (Å²) in [5.41, 5.74) is 1.14. The van der Waals surface area contributed by atoms with Gasteiger partial charge in [-0.1, -0.05) is 0 Å². The van der Waals surface area contributed by atoms with Gasteiger partial charge in [0, 0.05) is 32.1 Å². The van der Waals surface area contributed by atoms with Gasteiger partial charge in [0.25, 0.3) is 0 Å². The number of aryl methyl sites for hydroxylation is 1. The molecular formula is C11H13BrN2O. The number of rotatable bonds is 1. The molecule has 1 aliphatic heterocycles. The van der Waals surface area contributed by atoms with Crippen LogP contribution in [0.15, 0.2) is 16.7 Å². The van der Waals surface area contributed by atoms with Gasteiger partial charge in [-0.05, 0) is 34.5 Å². The second-order valence-corrected chi connectivity index (χ2v) is 4.70. The summed E-state index contributed by atoms with van der Waals surface area (Å²) in [6, 6.07) is 2.05. The van der Waals surface area contributed by atoms with E-state index in [1.807, 2.05) is 13.1 Å². The molecule has 0 atom stereocenters. The van der Waals surface area contributed by atoms with Crippen LogP contribution in [0.2, 0.25) is 0 Å². The van der Waals surface area contributed by atoms with Gasteiger partial charge in [0.2, 0.25) is 0 Å². The summed E-state index contributed by atoms with van der Waals surface area (Å²) in [6.07, 6.45) is 3.14. The maximum Gasteiger partial charge on any atom is 0.142 e. The number of Topliss-reactive ketones (excluding diaryl/α,β-unsaturated/α-hetero) is 1. The molecule has 0 saturated carbocycles. The second kappa shape index (κ2) is 4.31. The number of aromatic nitrogens is 1. The molecule has 1 aromatic rings. The van der Waals surface area contributed by atoms with Gasteiger partial charge in [0.05, 0.1) is 4.47 Å². The van der Waals surface area contributed by atoms with Gasteiger partial charge in [-0.3, -0.25) is 4.79 Å². The van der Waals surface area contributed by atoms with E-state index in [0.717, 1.165) is 28.9 Å². The van der Waals surface area contributed by atoms with Crippen LogP contribution in [-0.4, -0.2) is 23.9 Å². The number of pyridine rings is 1. The first-order valence-electron chi connectivity index (χ1n) is 5.05. The highest BCUT2D eigenvalue weighted by Crippen LogP contribution is 2.26. The molecule has 1 aliphatic rings. The van der Waals surface area contributed by atoms with E-state index in [0.29, 0.717) is 18.6 Å². The van der Waals surface area contributed by atoms with Gasteiger partial charge < -0.3 is 4.90 Å². The minimum Gasteiger partial charge on any atom is -0.355 e. The second-order valence-electron chi connectivity index (χ2n) is 3.84. The zero-order valence-corrected chi connectivity index (χ0v) is 10.2. The molecule has 80 valence electrons. The summed E-state index contributed by atoms with van der Waals surface area (Å²) in [5.74, 6) is 1.31.